The Morgan fingerprint density at radius 2 is 2.25 bits per heavy atom. The van der Waals surface area contributed by atoms with Gasteiger partial charge in [0.25, 0.3) is 0 Å². The van der Waals surface area contributed by atoms with Crippen molar-refractivity contribution in [3.8, 4) is 11.3 Å². The summed E-state index contributed by atoms with van der Waals surface area (Å²) in [6, 6.07) is 8.30. The molecule has 3 heterocycles. The average molecular weight is 397 g/mol. The van der Waals surface area contributed by atoms with Crippen molar-refractivity contribution in [1.29, 1.82) is 0 Å². The third-order valence-corrected chi connectivity index (χ3v) is 5.36. The van der Waals surface area contributed by atoms with Crippen LogP contribution in [0, 0.1) is 5.82 Å². The molecule has 3 aromatic heterocycles. The molecule has 0 saturated carbocycles. The van der Waals surface area contributed by atoms with E-state index in [0.717, 1.165) is 40.4 Å². The number of aryl methyl sites for hydroxylation is 1. The van der Waals surface area contributed by atoms with Crippen LogP contribution in [0.1, 0.15) is 17.8 Å². The van der Waals surface area contributed by atoms with Gasteiger partial charge in [-0.1, -0.05) is 12.1 Å². The van der Waals surface area contributed by atoms with E-state index in [1.54, 1.807) is 22.3 Å². The molecular formula is C20H20FN5OS. The van der Waals surface area contributed by atoms with Crippen molar-refractivity contribution in [1.82, 2.24) is 24.5 Å². The lowest BCUT2D eigenvalue weighted by Crippen LogP contribution is -2.29. The Bertz CT molecular complexity index is 1070. The molecule has 0 fully saturated rings. The lowest BCUT2D eigenvalue weighted by molar-refractivity contribution is -0.129. The van der Waals surface area contributed by atoms with Crippen LogP contribution in [0.4, 0.5) is 4.39 Å². The second-order valence-corrected chi connectivity index (χ2v) is 7.58. The van der Waals surface area contributed by atoms with E-state index < -0.39 is 0 Å². The predicted molar refractivity (Wildman–Crippen MR) is 107 cm³/mol. The molecule has 0 aliphatic carbocycles. The van der Waals surface area contributed by atoms with Crippen molar-refractivity contribution >= 4 is 22.2 Å². The van der Waals surface area contributed by atoms with Crippen LogP contribution < -0.4 is 0 Å². The van der Waals surface area contributed by atoms with Crippen LogP contribution in [0.2, 0.25) is 0 Å². The molecule has 0 aliphatic rings. The molecule has 0 spiro atoms. The van der Waals surface area contributed by atoms with Crippen molar-refractivity contribution in [2.45, 2.75) is 19.3 Å². The smallest absolute Gasteiger partial charge is 0.228 e. The Kier molecular flexibility index (Phi) is 5.21. The molecule has 4 aromatic rings. The molecule has 0 radical (unpaired) electrons. The lowest BCUT2D eigenvalue weighted by atomic mass is 10.1. The minimum Gasteiger partial charge on any atom is -0.345 e. The van der Waals surface area contributed by atoms with Gasteiger partial charge in [0.1, 0.15) is 5.82 Å². The number of carbonyl (C=O) groups excluding carboxylic acids is 1. The molecule has 1 aromatic carbocycles. The molecule has 6 nitrogen and oxygen atoms in total. The number of nitrogens with zero attached hydrogens (tertiary/aromatic N) is 4. The monoisotopic (exact) mass is 397 g/mol. The summed E-state index contributed by atoms with van der Waals surface area (Å²) in [5, 5.41) is 9.21. The van der Waals surface area contributed by atoms with Gasteiger partial charge in [0.2, 0.25) is 5.91 Å². The van der Waals surface area contributed by atoms with Gasteiger partial charge in [0, 0.05) is 42.6 Å². The first-order valence-corrected chi connectivity index (χ1v) is 9.92. The number of fused-ring (bicyclic) bond motifs is 1. The molecule has 0 saturated heterocycles. The number of rotatable bonds is 7. The molecule has 8 heteroatoms. The molecule has 1 amide bonds. The van der Waals surface area contributed by atoms with Crippen LogP contribution in [-0.2, 0) is 17.6 Å². The second-order valence-electron chi connectivity index (χ2n) is 6.71. The van der Waals surface area contributed by atoms with Gasteiger partial charge in [-0.3, -0.25) is 14.3 Å². The first-order valence-electron chi connectivity index (χ1n) is 9.04. The minimum atomic E-state index is -0.278. The summed E-state index contributed by atoms with van der Waals surface area (Å²) in [6.07, 6.45) is 5.72. The third kappa shape index (κ3) is 4.12. The Morgan fingerprint density at radius 1 is 1.36 bits per heavy atom. The number of halogens is 1. The number of amides is 1. The highest BCUT2D eigenvalue weighted by molar-refractivity contribution is 7.15. The molecule has 144 valence electrons. The highest BCUT2D eigenvalue weighted by atomic mass is 32.1. The van der Waals surface area contributed by atoms with Gasteiger partial charge >= 0.3 is 0 Å². The zero-order valence-corrected chi connectivity index (χ0v) is 16.2. The van der Waals surface area contributed by atoms with E-state index in [0.29, 0.717) is 13.0 Å². The number of imidazole rings is 1. The summed E-state index contributed by atoms with van der Waals surface area (Å²) >= 11 is 1.55. The fourth-order valence-electron chi connectivity index (χ4n) is 3.07. The SMILES string of the molecule is CN(CCCc1cc(-c2cccc(F)c2)n[nH]1)C(=O)Cc1cn2ccsc2n1. The van der Waals surface area contributed by atoms with Crippen LogP contribution in [0.25, 0.3) is 16.2 Å². The van der Waals surface area contributed by atoms with Gasteiger partial charge in [-0.25, -0.2) is 9.37 Å². The molecule has 0 aliphatic heterocycles. The van der Waals surface area contributed by atoms with E-state index in [1.165, 1.54) is 12.1 Å². The quantitative estimate of drug-likeness (QED) is 0.519. The molecule has 0 atom stereocenters. The predicted octanol–water partition coefficient (Wildman–Crippen LogP) is 3.56. The van der Waals surface area contributed by atoms with Gasteiger partial charge in [0.15, 0.2) is 4.96 Å². The summed E-state index contributed by atoms with van der Waals surface area (Å²) in [5.74, 6) is -0.226. The Hall–Kier alpha value is -3.00. The van der Waals surface area contributed by atoms with E-state index in [2.05, 4.69) is 15.2 Å². The van der Waals surface area contributed by atoms with Crippen molar-refractivity contribution in [3.05, 3.63) is 65.3 Å². The largest absolute Gasteiger partial charge is 0.345 e. The molecule has 0 bridgehead atoms. The molecular weight excluding hydrogens is 377 g/mol. The number of benzene rings is 1. The highest BCUT2D eigenvalue weighted by Gasteiger charge is 2.13. The fourth-order valence-corrected chi connectivity index (χ4v) is 3.79. The fraction of sp³-hybridized carbons (Fsp3) is 0.250. The van der Waals surface area contributed by atoms with E-state index >= 15 is 0 Å². The van der Waals surface area contributed by atoms with E-state index in [4.69, 9.17) is 0 Å². The van der Waals surface area contributed by atoms with E-state index in [1.807, 2.05) is 41.4 Å². The second kappa shape index (κ2) is 7.93. The van der Waals surface area contributed by atoms with Crippen molar-refractivity contribution < 1.29 is 9.18 Å². The standard InChI is InChI=1S/C20H20FN5OS/c1-25(19(27)12-17-13-26-8-9-28-20(26)22-17)7-3-6-16-11-18(24-23-16)14-4-2-5-15(21)10-14/h2,4-5,8-11,13H,3,6-7,12H2,1H3,(H,23,24). The number of hydrogen-bond acceptors (Lipinski definition) is 4. The van der Waals surface area contributed by atoms with E-state index in [9.17, 15) is 9.18 Å². The molecule has 1 N–H and O–H groups in total. The first kappa shape index (κ1) is 18.4. The van der Waals surface area contributed by atoms with Crippen molar-refractivity contribution in [2.75, 3.05) is 13.6 Å². The van der Waals surface area contributed by atoms with Crippen molar-refractivity contribution in [2.24, 2.45) is 0 Å². The van der Waals surface area contributed by atoms with Crippen molar-refractivity contribution in [3.63, 3.8) is 0 Å². The Morgan fingerprint density at radius 3 is 3.07 bits per heavy atom. The maximum Gasteiger partial charge on any atom is 0.228 e. The Labute approximate surface area is 165 Å². The summed E-state index contributed by atoms with van der Waals surface area (Å²) in [4.78, 5) is 19.5. The van der Waals surface area contributed by atoms with Crippen LogP contribution in [0.15, 0.2) is 48.1 Å². The third-order valence-electron chi connectivity index (χ3n) is 4.59. The summed E-state index contributed by atoms with van der Waals surface area (Å²) < 4.78 is 15.3. The van der Waals surface area contributed by atoms with Crippen LogP contribution in [-0.4, -0.2) is 44.0 Å². The Balaban J connectivity index is 1.27. The first-order chi connectivity index (χ1) is 13.6. The highest BCUT2D eigenvalue weighted by Crippen LogP contribution is 2.19. The van der Waals surface area contributed by atoms with Crippen LogP contribution in [0.5, 0.6) is 0 Å². The zero-order valence-electron chi connectivity index (χ0n) is 15.4. The van der Waals surface area contributed by atoms with Crippen LogP contribution in [0.3, 0.4) is 0 Å². The normalized spacial score (nSPS) is 11.2. The number of aromatic amines is 1. The number of thiazole rings is 1. The number of likely N-dealkylation sites (N-methyl/N-ethyl adjacent to an activating group) is 1. The summed E-state index contributed by atoms with van der Waals surface area (Å²) in [5.41, 5.74) is 3.22. The zero-order chi connectivity index (χ0) is 19.5. The van der Waals surface area contributed by atoms with Crippen LogP contribution >= 0.6 is 11.3 Å². The lowest BCUT2D eigenvalue weighted by Gasteiger charge is -2.16. The minimum absolute atomic E-state index is 0.0517. The van der Waals surface area contributed by atoms with Gasteiger partial charge < -0.3 is 4.90 Å². The number of carbonyl (C=O) groups is 1. The maximum absolute atomic E-state index is 13.3. The average Bonchev–Trinajstić information content (AvgIpc) is 3.38. The topological polar surface area (TPSA) is 66.3 Å². The van der Waals surface area contributed by atoms with Gasteiger partial charge in [-0.15, -0.1) is 11.3 Å². The maximum atomic E-state index is 13.3. The molecule has 4 rings (SSSR count). The van der Waals surface area contributed by atoms with Gasteiger partial charge in [-0.2, -0.15) is 5.10 Å². The van der Waals surface area contributed by atoms with Gasteiger partial charge in [-0.05, 0) is 31.0 Å². The number of aromatic nitrogens is 4. The molecule has 28 heavy (non-hydrogen) atoms. The van der Waals surface area contributed by atoms with E-state index in [-0.39, 0.29) is 11.7 Å². The van der Waals surface area contributed by atoms with Gasteiger partial charge in [0.05, 0.1) is 17.8 Å². The summed E-state index contributed by atoms with van der Waals surface area (Å²) in [6.45, 7) is 0.648. The summed E-state index contributed by atoms with van der Waals surface area (Å²) in [7, 11) is 1.81. The number of H-pyrrole nitrogens is 1. The number of hydrogen-bond donors (Lipinski definition) is 1. The number of nitrogens with one attached hydrogen (secondary N) is 1. The molecule has 0 unspecified atom stereocenters.